The quantitative estimate of drug-likeness (QED) is 0.484. The van der Waals surface area contributed by atoms with E-state index in [0.717, 1.165) is 24.4 Å². The molecule has 0 saturated carbocycles. The molecule has 2 aromatic carbocycles. The number of nitro groups is 2. The Bertz CT molecular complexity index is 861. The molecular formula is C17H17N4O4+. The van der Waals surface area contributed by atoms with Gasteiger partial charge >= 0.3 is 5.69 Å². The van der Waals surface area contributed by atoms with Crippen LogP contribution in [0.1, 0.15) is 12.0 Å². The lowest BCUT2D eigenvalue weighted by molar-refractivity contribution is -0.501. The molecule has 128 valence electrons. The molecule has 3 rings (SSSR count). The fraction of sp³-hybridized carbons (Fsp3) is 0.235. The summed E-state index contributed by atoms with van der Waals surface area (Å²) in [7, 11) is 1.91. The van der Waals surface area contributed by atoms with Gasteiger partial charge in [-0.1, -0.05) is 12.1 Å². The van der Waals surface area contributed by atoms with Crippen LogP contribution in [0.5, 0.6) is 0 Å². The van der Waals surface area contributed by atoms with Crippen LogP contribution >= 0.6 is 0 Å². The van der Waals surface area contributed by atoms with E-state index in [-0.39, 0.29) is 11.4 Å². The van der Waals surface area contributed by atoms with Crippen molar-refractivity contribution in [3.63, 3.8) is 0 Å². The topological polar surface area (TPSA) is 92.5 Å². The van der Waals surface area contributed by atoms with Crippen molar-refractivity contribution >= 4 is 22.9 Å². The largest absolute Gasteiger partial charge is 0.315 e. The number of para-hydroxylation sites is 2. The lowest BCUT2D eigenvalue weighted by atomic mass is 10.1. The minimum absolute atomic E-state index is 0.0139. The van der Waals surface area contributed by atoms with Gasteiger partial charge in [-0.25, -0.2) is 4.90 Å². The molecule has 0 spiro atoms. The van der Waals surface area contributed by atoms with Gasteiger partial charge in [-0.3, -0.25) is 24.8 Å². The highest BCUT2D eigenvalue weighted by Gasteiger charge is 2.34. The standard InChI is InChI=1S/C17H17N4O4/c1-18-11-4-12-19(15-5-2-3-6-16(15)21(24)25)17(18)13-7-9-14(10-8-13)20(22)23/h2-3,5-10H,4,11-12H2,1H3/q+1. The molecule has 1 aliphatic rings. The number of rotatable bonds is 4. The second-order valence-corrected chi connectivity index (χ2v) is 5.80. The van der Waals surface area contributed by atoms with E-state index in [1.165, 1.54) is 18.2 Å². The van der Waals surface area contributed by atoms with Gasteiger partial charge in [-0.2, -0.15) is 0 Å². The molecule has 1 aliphatic heterocycles. The van der Waals surface area contributed by atoms with Gasteiger partial charge in [-0.05, 0) is 18.2 Å². The normalized spacial score (nSPS) is 14.5. The zero-order valence-corrected chi connectivity index (χ0v) is 13.7. The number of anilines is 1. The van der Waals surface area contributed by atoms with Gasteiger partial charge in [0.2, 0.25) is 5.69 Å². The Hall–Kier alpha value is -3.29. The number of benzene rings is 2. The summed E-state index contributed by atoms with van der Waals surface area (Å²) in [5.41, 5.74) is 1.36. The summed E-state index contributed by atoms with van der Waals surface area (Å²) in [5, 5.41) is 22.3. The van der Waals surface area contributed by atoms with Crippen LogP contribution in [-0.2, 0) is 0 Å². The van der Waals surface area contributed by atoms with Gasteiger partial charge in [0, 0.05) is 24.6 Å². The molecule has 0 bridgehead atoms. The Morgan fingerprint density at radius 2 is 1.68 bits per heavy atom. The van der Waals surface area contributed by atoms with Crippen LogP contribution in [0.2, 0.25) is 0 Å². The third kappa shape index (κ3) is 3.18. The summed E-state index contributed by atoms with van der Waals surface area (Å²) in [5.74, 6) is 0.801. The molecule has 1 heterocycles. The number of non-ortho nitro benzene ring substituents is 1. The number of hydrogen-bond acceptors (Lipinski definition) is 5. The molecule has 25 heavy (non-hydrogen) atoms. The molecular weight excluding hydrogens is 324 g/mol. The van der Waals surface area contributed by atoms with Crippen molar-refractivity contribution in [3.8, 4) is 0 Å². The third-order valence-electron chi connectivity index (χ3n) is 4.20. The maximum absolute atomic E-state index is 11.4. The Balaban J connectivity index is 2.09. The number of nitrogens with zero attached hydrogens (tertiary/aromatic N) is 4. The second kappa shape index (κ2) is 6.68. The minimum Gasteiger partial charge on any atom is -0.264 e. The summed E-state index contributed by atoms with van der Waals surface area (Å²) in [6, 6.07) is 12.9. The molecule has 2 aromatic rings. The summed E-state index contributed by atoms with van der Waals surface area (Å²) in [6.07, 6.45) is 0.860. The second-order valence-electron chi connectivity index (χ2n) is 5.80. The molecule has 0 aliphatic carbocycles. The monoisotopic (exact) mass is 341 g/mol. The summed E-state index contributed by atoms with van der Waals surface area (Å²) >= 11 is 0. The average molecular weight is 341 g/mol. The van der Waals surface area contributed by atoms with E-state index >= 15 is 0 Å². The summed E-state index contributed by atoms with van der Waals surface area (Å²) < 4.78 is 2.02. The Morgan fingerprint density at radius 3 is 2.32 bits per heavy atom. The maximum atomic E-state index is 11.4. The van der Waals surface area contributed by atoms with Gasteiger partial charge < -0.3 is 0 Å². The van der Waals surface area contributed by atoms with Crippen molar-refractivity contribution in [2.45, 2.75) is 6.42 Å². The van der Waals surface area contributed by atoms with Gasteiger partial charge in [0.15, 0.2) is 0 Å². The van der Waals surface area contributed by atoms with E-state index in [9.17, 15) is 20.2 Å². The molecule has 8 heteroatoms. The number of amidine groups is 1. The fourth-order valence-electron chi connectivity index (χ4n) is 3.07. The van der Waals surface area contributed by atoms with E-state index in [1.54, 1.807) is 30.3 Å². The SMILES string of the molecule is C[N+]1=C(c2ccc([N+](=O)[O-])cc2)N(c2ccccc2[N+](=O)[O-])CCC1. The fourth-order valence-corrected chi connectivity index (χ4v) is 3.07. The Kier molecular flexibility index (Phi) is 4.42. The van der Waals surface area contributed by atoms with Crippen LogP contribution in [0.15, 0.2) is 48.5 Å². The summed E-state index contributed by atoms with van der Waals surface area (Å²) in [4.78, 5) is 23.3. The predicted octanol–water partition coefficient (Wildman–Crippen LogP) is 2.80. The minimum atomic E-state index is -0.446. The number of nitro benzene ring substituents is 2. The molecule has 0 atom stereocenters. The lowest BCUT2D eigenvalue weighted by Crippen LogP contribution is -2.44. The van der Waals surface area contributed by atoms with Crippen molar-refractivity contribution in [1.82, 2.24) is 0 Å². The van der Waals surface area contributed by atoms with Crippen LogP contribution in [0.25, 0.3) is 0 Å². The van der Waals surface area contributed by atoms with Crippen molar-refractivity contribution in [2.24, 2.45) is 0 Å². The van der Waals surface area contributed by atoms with Crippen LogP contribution in [0.4, 0.5) is 17.1 Å². The first-order valence-corrected chi connectivity index (χ1v) is 7.83. The van der Waals surface area contributed by atoms with Gasteiger partial charge in [0.05, 0.1) is 35.5 Å². The van der Waals surface area contributed by atoms with E-state index in [0.29, 0.717) is 12.2 Å². The maximum Gasteiger partial charge on any atom is 0.315 e. The zero-order valence-electron chi connectivity index (χ0n) is 13.7. The van der Waals surface area contributed by atoms with E-state index in [1.807, 2.05) is 16.5 Å². The first-order valence-electron chi connectivity index (χ1n) is 7.83. The van der Waals surface area contributed by atoms with Crippen LogP contribution in [0, 0.1) is 20.2 Å². The molecule has 0 saturated heterocycles. The van der Waals surface area contributed by atoms with E-state index in [4.69, 9.17) is 0 Å². The highest BCUT2D eigenvalue weighted by Crippen LogP contribution is 2.30. The highest BCUT2D eigenvalue weighted by atomic mass is 16.6. The van der Waals surface area contributed by atoms with E-state index in [2.05, 4.69) is 0 Å². The molecule has 8 nitrogen and oxygen atoms in total. The molecule has 0 aromatic heterocycles. The van der Waals surface area contributed by atoms with Crippen LogP contribution < -0.4 is 4.90 Å². The molecule has 0 unspecified atom stereocenters. The average Bonchev–Trinajstić information content (AvgIpc) is 2.61. The Morgan fingerprint density at radius 1 is 1.00 bits per heavy atom. The van der Waals surface area contributed by atoms with Crippen LogP contribution in [-0.4, -0.2) is 40.4 Å². The molecule has 0 radical (unpaired) electrons. The molecule has 0 amide bonds. The predicted molar refractivity (Wildman–Crippen MR) is 93.3 cm³/mol. The van der Waals surface area contributed by atoms with Crippen molar-refractivity contribution in [1.29, 1.82) is 0 Å². The van der Waals surface area contributed by atoms with Gasteiger partial charge in [-0.15, -0.1) is 0 Å². The summed E-state index contributed by atoms with van der Waals surface area (Å²) in [6.45, 7) is 1.45. The Labute approximate surface area is 143 Å². The first-order chi connectivity index (χ1) is 12.0. The lowest BCUT2D eigenvalue weighted by Gasteiger charge is -2.25. The number of hydrogen-bond donors (Lipinski definition) is 0. The van der Waals surface area contributed by atoms with Crippen LogP contribution in [0.3, 0.4) is 0 Å². The molecule has 0 N–H and O–H groups in total. The van der Waals surface area contributed by atoms with E-state index < -0.39 is 9.85 Å². The smallest absolute Gasteiger partial charge is 0.264 e. The van der Waals surface area contributed by atoms with Gasteiger partial charge in [0.1, 0.15) is 0 Å². The highest BCUT2D eigenvalue weighted by molar-refractivity contribution is 6.08. The van der Waals surface area contributed by atoms with Crippen molar-refractivity contribution in [2.75, 3.05) is 25.0 Å². The van der Waals surface area contributed by atoms with Crippen molar-refractivity contribution < 1.29 is 14.4 Å². The molecule has 0 fully saturated rings. The van der Waals surface area contributed by atoms with Crippen molar-refractivity contribution in [3.05, 3.63) is 74.3 Å². The van der Waals surface area contributed by atoms with Gasteiger partial charge in [0.25, 0.3) is 11.5 Å². The zero-order chi connectivity index (χ0) is 18.0. The third-order valence-corrected chi connectivity index (χ3v) is 4.20. The first kappa shape index (κ1) is 16.6.